The number of allylic oxidation sites excluding steroid dienone is 8. The molecule has 0 unspecified atom stereocenters. The maximum absolute atomic E-state index is 6.09. The molecule has 40 heavy (non-hydrogen) atoms. The Balaban J connectivity index is 3.51. The van der Waals surface area contributed by atoms with Gasteiger partial charge in [-0.15, -0.1) is 11.6 Å². The van der Waals surface area contributed by atoms with Crippen molar-refractivity contribution in [3.63, 3.8) is 0 Å². The standard InChI is InChI=1S/C38H70ClN/c1-3-5-7-9-11-13-15-17-19-21-23-25-27-29-31-33-36-40(38-35-39)37-34-32-30-28-26-24-22-20-18-16-14-12-10-8-6-4-2/h11-14,17-20H,3-10,15-16,21-38H2,1-2H3/b13-11-,14-12-,19-17-,20-18-. The van der Waals surface area contributed by atoms with Crippen molar-refractivity contribution in [3.8, 4) is 0 Å². The Bertz CT molecular complexity index is 528. The summed E-state index contributed by atoms with van der Waals surface area (Å²) in [6.45, 7) is 8.07. The number of unbranched alkanes of at least 4 members (excludes halogenated alkanes) is 18. The molecule has 0 aliphatic rings. The molecule has 0 rings (SSSR count). The summed E-state index contributed by atoms with van der Waals surface area (Å²) in [6, 6.07) is 0. The molecule has 0 fully saturated rings. The Morgan fingerprint density at radius 2 is 0.700 bits per heavy atom. The average molecular weight is 576 g/mol. The minimum absolute atomic E-state index is 0.768. The van der Waals surface area contributed by atoms with E-state index in [1.54, 1.807) is 0 Å². The van der Waals surface area contributed by atoms with Crippen LogP contribution in [0.15, 0.2) is 48.6 Å². The zero-order valence-electron chi connectivity index (χ0n) is 27.2. The summed E-state index contributed by atoms with van der Waals surface area (Å²) in [4.78, 5) is 2.61. The van der Waals surface area contributed by atoms with Crippen LogP contribution in [0.5, 0.6) is 0 Å². The van der Waals surface area contributed by atoms with E-state index >= 15 is 0 Å². The van der Waals surface area contributed by atoms with Crippen LogP contribution in [0.1, 0.15) is 168 Å². The minimum Gasteiger partial charge on any atom is -0.302 e. The van der Waals surface area contributed by atoms with Gasteiger partial charge in [0.1, 0.15) is 0 Å². The molecule has 0 aliphatic carbocycles. The third kappa shape index (κ3) is 33.4. The lowest BCUT2D eigenvalue weighted by atomic mass is 10.1. The third-order valence-electron chi connectivity index (χ3n) is 7.75. The summed E-state index contributed by atoms with van der Waals surface area (Å²) in [6.07, 6.45) is 50.6. The van der Waals surface area contributed by atoms with E-state index in [-0.39, 0.29) is 0 Å². The van der Waals surface area contributed by atoms with Gasteiger partial charge in [0.25, 0.3) is 0 Å². The topological polar surface area (TPSA) is 3.24 Å². The van der Waals surface area contributed by atoms with Gasteiger partial charge in [-0.1, -0.05) is 140 Å². The van der Waals surface area contributed by atoms with Crippen molar-refractivity contribution in [1.29, 1.82) is 0 Å². The molecule has 0 radical (unpaired) electrons. The maximum atomic E-state index is 6.09. The van der Waals surface area contributed by atoms with Gasteiger partial charge in [0, 0.05) is 12.4 Å². The SMILES string of the molecule is CCCCC/C=C\C/C=C\CCCCCCCCN(CCCl)CCCCCCCC/C=C\C/C=C\CCCCC. The molecule has 0 saturated heterocycles. The first-order chi connectivity index (χ1) is 19.8. The van der Waals surface area contributed by atoms with Gasteiger partial charge < -0.3 is 4.90 Å². The highest BCUT2D eigenvalue weighted by Gasteiger charge is 2.04. The summed E-state index contributed by atoms with van der Waals surface area (Å²) in [7, 11) is 0. The van der Waals surface area contributed by atoms with Gasteiger partial charge in [0.15, 0.2) is 0 Å². The van der Waals surface area contributed by atoms with Crippen LogP contribution >= 0.6 is 11.6 Å². The van der Waals surface area contributed by atoms with Gasteiger partial charge in [-0.3, -0.25) is 0 Å². The molecule has 0 atom stereocenters. The molecule has 0 aromatic heterocycles. The lowest BCUT2D eigenvalue weighted by Crippen LogP contribution is -2.28. The second kappa shape index (κ2) is 36.2. The van der Waals surface area contributed by atoms with Crippen molar-refractivity contribution in [2.75, 3.05) is 25.5 Å². The minimum atomic E-state index is 0.768. The van der Waals surface area contributed by atoms with E-state index in [1.807, 2.05) is 0 Å². The summed E-state index contributed by atoms with van der Waals surface area (Å²) < 4.78 is 0. The van der Waals surface area contributed by atoms with Crippen molar-refractivity contribution < 1.29 is 0 Å². The van der Waals surface area contributed by atoms with Gasteiger partial charge >= 0.3 is 0 Å². The normalized spacial score (nSPS) is 12.5. The monoisotopic (exact) mass is 576 g/mol. The molecule has 1 nitrogen and oxygen atoms in total. The van der Waals surface area contributed by atoms with E-state index in [0.29, 0.717) is 0 Å². The Hall–Kier alpha value is -0.790. The molecular formula is C38H70ClN. The number of hydrogen-bond acceptors (Lipinski definition) is 1. The summed E-state index contributed by atoms with van der Waals surface area (Å²) in [5.41, 5.74) is 0. The fourth-order valence-corrected chi connectivity index (χ4v) is 5.34. The number of alkyl halides is 1. The zero-order valence-corrected chi connectivity index (χ0v) is 28.0. The Kier molecular flexibility index (Phi) is 35.5. The lowest BCUT2D eigenvalue weighted by molar-refractivity contribution is 0.274. The van der Waals surface area contributed by atoms with Gasteiger partial charge in [-0.25, -0.2) is 0 Å². The summed E-state index contributed by atoms with van der Waals surface area (Å²) in [5, 5.41) is 0. The Morgan fingerprint density at radius 1 is 0.375 bits per heavy atom. The summed E-state index contributed by atoms with van der Waals surface area (Å²) in [5.74, 6) is 0.768. The first-order valence-electron chi connectivity index (χ1n) is 17.7. The quantitative estimate of drug-likeness (QED) is 0.0438. The maximum Gasteiger partial charge on any atom is 0.0351 e. The van der Waals surface area contributed by atoms with Crippen molar-refractivity contribution in [2.45, 2.75) is 168 Å². The molecular weight excluding hydrogens is 506 g/mol. The van der Waals surface area contributed by atoms with Crippen LogP contribution in [0.3, 0.4) is 0 Å². The van der Waals surface area contributed by atoms with E-state index in [9.17, 15) is 0 Å². The van der Waals surface area contributed by atoms with Crippen molar-refractivity contribution >= 4 is 11.6 Å². The molecule has 0 aromatic rings. The Morgan fingerprint density at radius 3 is 1.05 bits per heavy atom. The highest BCUT2D eigenvalue weighted by molar-refractivity contribution is 6.18. The Labute approximate surface area is 258 Å². The zero-order chi connectivity index (χ0) is 29.0. The van der Waals surface area contributed by atoms with Gasteiger partial charge in [-0.2, -0.15) is 0 Å². The first kappa shape index (κ1) is 39.2. The molecule has 0 aromatic carbocycles. The van der Waals surface area contributed by atoms with E-state index in [2.05, 4.69) is 67.4 Å². The van der Waals surface area contributed by atoms with Crippen LogP contribution in [-0.4, -0.2) is 30.4 Å². The van der Waals surface area contributed by atoms with Crippen molar-refractivity contribution in [3.05, 3.63) is 48.6 Å². The van der Waals surface area contributed by atoms with Crippen molar-refractivity contribution in [1.82, 2.24) is 4.90 Å². The van der Waals surface area contributed by atoms with Crippen LogP contribution < -0.4 is 0 Å². The molecule has 0 spiro atoms. The third-order valence-corrected chi connectivity index (χ3v) is 7.92. The largest absolute Gasteiger partial charge is 0.302 e. The molecule has 0 bridgehead atoms. The molecule has 2 heteroatoms. The summed E-state index contributed by atoms with van der Waals surface area (Å²) >= 11 is 6.09. The molecule has 0 aliphatic heterocycles. The number of hydrogen-bond donors (Lipinski definition) is 0. The number of rotatable bonds is 32. The van der Waals surface area contributed by atoms with Crippen LogP contribution in [0.4, 0.5) is 0 Å². The van der Waals surface area contributed by atoms with Crippen molar-refractivity contribution in [2.24, 2.45) is 0 Å². The average Bonchev–Trinajstić information content (AvgIpc) is 2.96. The highest BCUT2D eigenvalue weighted by atomic mass is 35.5. The second-order valence-electron chi connectivity index (χ2n) is 11.7. The van der Waals surface area contributed by atoms with E-state index < -0.39 is 0 Å². The molecule has 234 valence electrons. The van der Waals surface area contributed by atoms with Gasteiger partial charge in [-0.05, 0) is 90.1 Å². The smallest absolute Gasteiger partial charge is 0.0351 e. The van der Waals surface area contributed by atoms with Crippen LogP contribution in [-0.2, 0) is 0 Å². The molecule has 0 N–H and O–H groups in total. The van der Waals surface area contributed by atoms with Crippen LogP contribution in [0.25, 0.3) is 0 Å². The fraction of sp³-hybridized carbons (Fsp3) is 0.789. The highest BCUT2D eigenvalue weighted by Crippen LogP contribution is 2.11. The predicted octanol–water partition coefficient (Wildman–Crippen LogP) is 13.2. The molecule has 0 amide bonds. The number of halogens is 1. The van der Waals surface area contributed by atoms with E-state index in [4.69, 9.17) is 11.6 Å². The second-order valence-corrected chi connectivity index (χ2v) is 12.1. The van der Waals surface area contributed by atoms with Crippen LogP contribution in [0.2, 0.25) is 0 Å². The fourth-order valence-electron chi connectivity index (χ4n) is 5.10. The van der Waals surface area contributed by atoms with E-state index in [1.165, 1.54) is 154 Å². The van der Waals surface area contributed by atoms with E-state index in [0.717, 1.165) is 25.3 Å². The predicted molar refractivity (Wildman–Crippen MR) is 186 cm³/mol. The van der Waals surface area contributed by atoms with Crippen LogP contribution in [0, 0.1) is 0 Å². The molecule has 0 heterocycles. The number of nitrogens with zero attached hydrogens (tertiary/aromatic N) is 1. The van der Waals surface area contributed by atoms with Gasteiger partial charge in [0.05, 0.1) is 0 Å². The molecule has 0 saturated carbocycles. The van der Waals surface area contributed by atoms with Gasteiger partial charge in [0.2, 0.25) is 0 Å². The lowest BCUT2D eigenvalue weighted by Gasteiger charge is -2.21. The first-order valence-corrected chi connectivity index (χ1v) is 18.3.